The normalized spacial score (nSPS) is 22.4. The van der Waals surface area contributed by atoms with E-state index < -0.39 is 0 Å². The molecule has 6 nitrogen and oxygen atoms in total. The van der Waals surface area contributed by atoms with Crippen molar-refractivity contribution in [1.82, 2.24) is 15.1 Å². The molecule has 1 aromatic heterocycles. The van der Waals surface area contributed by atoms with Gasteiger partial charge in [-0.3, -0.25) is 9.48 Å². The van der Waals surface area contributed by atoms with Crippen LogP contribution in [0, 0.1) is 19.8 Å². The second-order valence-electron chi connectivity index (χ2n) is 5.94. The van der Waals surface area contributed by atoms with Crippen molar-refractivity contribution >= 4 is 5.91 Å². The summed E-state index contributed by atoms with van der Waals surface area (Å²) in [5.74, 6) is -0.166. The van der Waals surface area contributed by atoms with Gasteiger partial charge in [0, 0.05) is 29.8 Å². The van der Waals surface area contributed by atoms with Crippen molar-refractivity contribution in [2.75, 3.05) is 6.61 Å². The number of aromatic nitrogens is 2. The van der Waals surface area contributed by atoms with E-state index in [0.29, 0.717) is 12.6 Å². The minimum Gasteiger partial charge on any atom is -0.394 e. The summed E-state index contributed by atoms with van der Waals surface area (Å²) >= 11 is 0. The van der Waals surface area contributed by atoms with Crippen molar-refractivity contribution < 1.29 is 9.90 Å². The maximum Gasteiger partial charge on any atom is 0.220 e. The second-order valence-corrected chi connectivity index (χ2v) is 5.94. The first kappa shape index (κ1) is 16.0. The number of amides is 1. The molecule has 1 aliphatic carbocycles. The van der Waals surface area contributed by atoms with Gasteiger partial charge in [0.1, 0.15) is 0 Å². The lowest BCUT2D eigenvalue weighted by Gasteiger charge is -2.28. The number of aliphatic hydroxyl groups is 1. The minimum absolute atomic E-state index is 0.00977. The first-order valence-electron chi connectivity index (χ1n) is 7.69. The number of aliphatic hydroxyl groups excluding tert-OH is 1. The molecule has 0 bridgehead atoms. The summed E-state index contributed by atoms with van der Waals surface area (Å²) in [5, 5.41) is 17.0. The molecule has 0 radical (unpaired) electrons. The number of carbonyl (C=O) groups excluding carboxylic acids is 1. The molecule has 118 valence electrons. The molecule has 1 amide bonds. The average Bonchev–Trinajstić information content (AvgIpc) is 2.72. The molecule has 0 aliphatic heterocycles. The van der Waals surface area contributed by atoms with E-state index in [1.165, 1.54) is 5.56 Å². The molecule has 0 aromatic carbocycles. The third kappa shape index (κ3) is 3.83. The lowest BCUT2D eigenvalue weighted by Crippen LogP contribution is -2.38. The Balaban J connectivity index is 1.95. The van der Waals surface area contributed by atoms with E-state index in [1.54, 1.807) is 0 Å². The Hall–Kier alpha value is -1.40. The molecule has 1 saturated carbocycles. The maximum atomic E-state index is 11.3. The zero-order valence-corrected chi connectivity index (χ0v) is 12.9. The highest BCUT2D eigenvalue weighted by atomic mass is 16.3. The summed E-state index contributed by atoms with van der Waals surface area (Å²) in [6, 6.07) is 0.344. The van der Waals surface area contributed by atoms with E-state index >= 15 is 0 Å². The predicted molar refractivity (Wildman–Crippen MR) is 80.6 cm³/mol. The molecule has 2 rings (SSSR count). The van der Waals surface area contributed by atoms with E-state index in [4.69, 9.17) is 10.8 Å². The number of hydrogen-bond donors (Lipinski definition) is 3. The highest BCUT2D eigenvalue weighted by Gasteiger charge is 2.25. The first-order valence-corrected chi connectivity index (χ1v) is 7.69. The molecular weight excluding hydrogens is 268 g/mol. The standard InChI is InChI=1S/C15H26N4O2/c1-10-14(11(2)19(18-10)6-7-20)9-17-13-5-3-4-12(8-13)15(16)21/h12-13,17,20H,3-9H2,1-2H3,(H2,16,21). The van der Waals surface area contributed by atoms with Gasteiger partial charge in [-0.1, -0.05) is 6.42 Å². The fourth-order valence-corrected chi connectivity index (χ4v) is 3.18. The second kappa shape index (κ2) is 7.04. The van der Waals surface area contributed by atoms with Gasteiger partial charge in [0.15, 0.2) is 0 Å². The van der Waals surface area contributed by atoms with Crippen LogP contribution in [0.5, 0.6) is 0 Å². The Morgan fingerprint density at radius 3 is 2.90 bits per heavy atom. The molecule has 0 saturated heterocycles. The van der Waals surface area contributed by atoms with Crippen molar-refractivity contribution in [1.29, 1.82) is 0 Å². The van der Waals surface area contributed by atoms with Gasteiger partial charge >= 0.3 is 0 Å². The van der Waals surface area contributed by atoms with Gasteiger partial charge in [-0.15, -0.1) is 0 Å². The summed E-state index contributed by atoms with van der Waals surface area (Å²) in [6.07, 6.45) is 3.89. The Bertz CT molecular complexity index is 498. The van der Waals surface area contributed by atoms with Crippen molar-refractivity contribution in [3.05, 3.63) is 17.0 Å². The van der Waals surface area contributed by atoms with Crippen LogP contribution in [0.2, 0.25) is 0 Å². The van der Waals surface area contributed by atoms with Crippen LogP contribution in [-0.2, 0) is 17.9 Å². The zero-order valence-electron chi connectivity index (χ0n) is 12.9. The summed E-state index contributed by atoms with van der Waals surface area (Å²) in [7, 11) is 0. The number of carbonyl (C=O) groups is 1. The number of hydrogen-bond acceptors (Lipinski definition) is 4. The molecule has 1 fully saturated rings. The van der Waals surface area contributed by atoms with Gasteiger partial charge in [0.2, 0.25) is 5.91 Å². The predicted octanol–water partition coefficient (Wildman–Crippen LogP) is 0.626. The van der Waals surface area contributed by atoms with Crippen LogP contribution in [0.3, 0.4) is 0 Å². The maximum absolute atomic E-state index is 11.3. The fourth-order valence-electron chi connectivity index (χ4n) is 3.18. The van der Waals surface area contributed by atoms with Gasteiger partial charge in [-0.2, -0.15) is 5.10 Å². The number of nitrogens with one attached hydrogen (secondary N) is 1. The average molecular weight is 294 g/mol. The molecule has 2 unspecified atom stereocenters. The Morgan fingerprint density at radius 2 is 2.24 bits per heavy atom. The minimum atomic E-state index is -0.176. The van der Waals surface area contributed by atoms with E-state index in [9.17, 15) is 4.79 Å². The Morgan fingerprint density at radius 1 is 1.48 bits per heavy atom. The van der Waals surface area contributed by atoms with Crippen molar-refractivity contribution in [3.63, 3.8) is 0 Å². The molecule has 2 atom stereocenters. The van der Waals surface area contributed by atoms with Gasteiger partial charge in [0.25, 0.3) is 0 Å². The van der Waals surface area contributed by atoms with Gasteiger partial charge in [0.05, 0.1) is 18.8 Å². The SMILES string of the molecule is Cc1nn(CCO)c(C)c1CNC1CCCC(C(N)=O)C1. The monoisotopic (exact) mass is 294 g/mol. The van der Waals surface area contributed by atoms with Crippen molar-refractivity contribution in [2.24, 2.45) is 11.7 Å². The number of nitrogens with zero attached hydrogens (tertiary/aromatic N) is 2. The molecule has 21 heavy (non-hydrogen) atoms. The molecule has 4 N–H and O–H groups in total. The van der Waals surface area contributed by atoms with Crippen LogP contribution < -0.4 is 11.1 Å². The largest absolute Gasteiger partial charge is 0.394 e. The van der Waals surface area contributed by atoms with E-state index in [2.05, 4.69) is 10.4 Å². The molecule has 6 heteroatoms. The summed E-state index contributed by atoms with van der Waals surface area (Å²) in [4.78, 5) is 11.3. The van der Waals surface area contributed by atoms with E-state index in [-0.39, 0.29) is 18.4 Å². The van der Waals surface area contributed by atoms with Crippen LogP contribution in [-0.4, -0.2) is 33.4 Å². The molecule has 1 heterocycles. The van der Waals surface area contributed by atoms with Crippen LogP contribution >= 0.6 is 0 Å². The third-order valence-electron chi connectivity index (χ3n) is 4.49. The Kier molecular flexibility index (Phi) is 5.36. The molecule has 1 aliphatic rings. The quantitative estimate of drug-likeness (QED) is 0.717. The number of rotatable bonds is 6. The molecule has 0 spiro atoms. The molecule has 1 aromatic rings. The molecular formula is C15H26N4O2. The third-order valence-corrected chi connectivity index (χ3v) is 4.49. The topological polar surface area (TPSA) is 93.2 Å². The van der Waals surface area contributed by atoms with Gasteiger partial charge in [-0.05, 0) is 33.1 Å². The zero-order chi connectivity index (χ0) is 15.4. The lowest BCUT2D eigenvalue weighted by atomic mass is 9.85. The number of nitrogens with two attached hydrogens (primary N) is 1. The summed E-state index contributed by atoms with van der Waals surface area (Å²) in [6.45, 7) is 5.39. The summed E-state index contributed by atoms with van der Waals surface area (Å²) in [5.41, 5.74) is 8.69. The first-order chi connectivity index (χ1) is 10.0. The number of primary amides is 1. The van der Waals surface area contributed by atoms with Crippen LogP contribution in [0.4, 0.5) is 0 Å². The van der Waals surface area contributed by atoms with E-state index in [1.807, 2.05) is 18.5 Å². The van der Waals surface area contributed by atoms with Gasteiger partial charge in [-0.25, -0.2) is 0 Å². The van der Waals surface area contributed by atoms with Crippen molar-refractivity contribution in [3.8, 4) is 0 Å². The van der Waals surface area contributed by atoms with Gasteiger partial charge < -0.3 is 16.2 Å². The highest BCUT2D eigenvalue weighted by molar-refractivity contribution is 5.76. The highest BCUT2D eigenvalue weighted by Crippen LogP contribution is 2.24. The number of aryl methyl sites for hydroxylation is 1. The smallest absolute Gasteiger partial charge is 0.220 e. The van der Waals surface area contributed by atoms with E-state index in [0.717, 1.165) is 43.6 Å². The lowest BCUT2D eigenvalue weighted by molar-refractivity contribution is -0.122. The van der Waals surface area contributed by atoms with Crippen molar-refractivity contribution in [2.45, 2.75) is 58.7 Å². The van der Waals surface area contributed by atoms with Crippen LogP contribution in [0.15, 0.2) is 0 Å². The van der Waals surface area contributed by atoms with Crippen LogP contribution in [0.1, 0.15) is 42.6 Å². The Labute approximate surface area is 125 Å². The summed E-state index contributed by atoms with van der Waals surface area (Å²) < 4.78 is 1.85. The fraction of sp³-hybridized carbons (Fsp3) is 0.733. The van der Waals surface area contributed by atoms with Crippen LogP contribution in [0.25, 0.3) is 0 Å².